The Morgan fingerprint density at radius 3 is 2.54 bits per heavy atom. The van der Waals surface area contributed by atoms with Crippen LogP contribution in [0.15, 0.2) is 48.5 Å². The lowest BCUT2D eigenvalue weighted by molar-refractivity contribution is 0.415. The summed E-state index contributed by atoms with van der Waals surface area (Å²) in [6, 6.07) is 15.8. The van der Waals surface area contributed by atoms with E-state index in [0.717, 1.165) is 39.4 Å². The van der Waals surface area contributed by atoms with Crippen LogP contribution in [-0.4, -0.2) is 26.9 Å². The van der Waals surface area contributed by atoms with Gasteiger partial charge in [-0.1, -0.05) is 12.1 Å². The number of imidazole rings is 1. The van der Waals surface area contributed by atoms with Gasteiger partial charge < -0.3 is 15.0 Å². The maximum Gasteiger partial charge on any atom is 0.156 e. The largest absolute Gasteiger partial charge is 0.497 e. The first-order chi connectivity index (χ1) is 11.7. The number of ether oxygens (including phenoxy) is 1. The third-order valence-electron chi connectivity index (χ3n) is 4.18. The van der Waals surface area contributed by atoms with Crippen molar-refractivity contribution in [2.24, 2.45) is 7.05 Å². The number of benzene rings is 2. The first-order valence-electron chi connectivity index (χ1n) is 7.59. The minimum absolute atomic E-state index is 0.430. The molecule has 2 aromatic carbocycles. The lowest BCUT2D eigenvalue weighted by Crippen LogP contribution is -1.96. The molecule has 0 fully saturated rings. The summed E-state index contributed by atoms with van der Waals surface area (Å²) in [6.45, 7) is 0. The maximum atomic E-state index is 6.14. The molecule has 0 aliphatic heterocycles. The molecule has 0 bridgehead atoms. The van der Waals surface area contributed by atoms with E-state index >= 15 is 0 Å². The van der Waals surface area contributed by atoms with Crippen molar-refractivity contribution in [3.63, 3.8) is 0 Å². The number of hydrogen-bond acceptors (Lipinski definition) is 4. The second kappa shape index (κ2) is 5.42. The normalized spacial score (nSPS) is 11.1. The highest BCUT2D eigenvalue weighted by molar-refractivity contribution is 5.89. The van der Waals surface area contributed by atoms with Gasteiger partial charge >= 0.3 is 0 Å². The summed E-state index contributed by atoms with van der Waals surface area (Å²) in [4.78, 5) is 4.73. The Labute approximate surface area is 138 Å². The molecule has 0 aliphatic carbocycles. The fourth-order valence-corrected chi connectivity index (χ4v) is 2.92. The molecule has 3 N–H and O–H groups in total. The first-order valence-corrected chi connectivity index (χ1v) is 7.59. The van der Waals surface area contributed by atoms with Crippen molar-refractivity contribution in [1.82, 2.24) is 19.7 Å². The predicted molar refractivity (Wildman–Crippen MR) is 94.7 cm³/mol. The number of fused-ring (bicyclic) bond motifs is 1. The van der Waals surface area contributed by atoms with Gasteiger partial charge in [0.2, 0.25) is 0 Å². The summed E-state index contributed by atoms with van der Waals surface area (Å²) in [5.41, 5.74) is 10.7. The third kappa shape index (κ3) is 2.11. The van der Waals surface area contributed by atoms with Crippen LogP contribution < -0.4 is 10.5 Å². The number of anilines is 1. The standard InChI is InChI=1S/C18H17N5O/c1-23-14-6-4-3-5-13(14)20-18(23)15-16(21-22-17(15)19)11-7-9-12(24-2)10-8-11/h3-10H,1-2H3,(H3,19,21,22). The molecular weight excluding hydrogens is 302 g/mol. The molecule has 0 atom stereocenters. The molecule has 0 aliphatic rings. The average Bonchev–Trinajstić information content (AvgIpc) is 3.15. The average molecular weight is 319 g/mol. The van der Waals surface area contributed by atoms with Crippen LogP contribution in [0.1, 0.15) is 0 Å². The summed E-state index contributed by atoms with van der Waals surface area (Å²) in [6.07, 6.45) is 0. The van der Waals surface area contributed by atoms with Crippen LogP contribution in [0.3, 0.4) is 0 Å². The number of hydrogen-bond donors (Lipinski definition) is 2. The van der Waals surface area contributed by atoms with E-state index < -0.39 is 0 Å². The number of nitrogens with two attached hydrogens (primary N) is 1. The number of aryl methyl sites for hydroxylation is 1. The number of aromatic nitrogens is 4. The molecule has 24 heavy (non-hydrogen) atoms. The SMILES string of the molecule is COc1ccc(-c2[nH]nc(N)c2-c2nc3ccccc3n2C)cc1. The van der Waals surface area contributed by atoms with E-state index in [1.165, 1.54) is 0 Å². The summed E-state index contributed by atoms with van der Waals surface area (Å²) in [5.74, 6) is 2.02. The summed E-state index contributed by atoms with van der Waals surface area (Å²) >= 11 is 0. The number of rotatable bonds is 3. The smallest absolute Gasteiger partial charge is 0.156 e. The summed E-state index contributed by atoms with van der Waals surface area (Å²) in [7, 11) is 3.63. The van der Waals surface area contributed by atoms with Crippen molar-refractivity contribution < 1.29 is 4.74 Å². The minimum Gasteiger partial charge on any atom is -0.497 e. The van der Waals surface area contributed by atoms with Gasteiger partial charge in [0.25, 0.3) is 0 Å². The summed E-state index contributed by atoms with van der Waals surface area (Å²) < 4.78 is 7.25. The van der Waals surface area contributed by atoms with Crippen LogP contribution in [0.25, 0.3) is 33.7 Å². The Morgan fingerprint density at radius 2 is 1.83 bits per heavy atom. The molecule has 2 heterocycles. The Hall–Kier alpha value is -3.28. The van der Waals surface area contributed by atoms with Crippen molar-refractivity contribution >= 4 is 16.9 Å². The van der Waals surface area contributed by atoms with E-state index in [1.807, 2.05) is 60.1 Å². The molecule has 0 radical (unpaired) electrons. The van der Waals surface area contributed by atoms with E-state index in [4.69, 9.17) is 15.5 Å². The fraction of sp³-hybridized carbons (Fsp3) is 0.111. The molecule has 4 rings (SSSR count). The zero-order valence-electron chi connectivity index (χ0n) is 13.4. The van der Waals surface area contributed by atoms with Crippen molar-refractivity contribution in [3.8, 4) is 28.4 Å². The van der Waals surface area contributed by atoms with Gasteiger partial charge in [0.15, 0.2) is 5.82 Å². The van der Waals surface area contributed by atoms with Gasteiger partial charge in [-0.2, -0.15) is 5.10 Å². The van der Waals surface area contributed by atoms with Crippen LogP contribution in [0, 0.1) is 0 Å². The van der Waals surface area contributed by atoms with Crippen LogP contribution in [0.4, 0.5) is 5.82 Å². The van der Waals surface area contributed by atoms with Gasteiger partial charge in [0.1, 0.15) is 11.6 Å². The molecule has 0 spiro atoms. The molecule has 0 unspecified atom stereocenters. The minimum atomic E-state index is 0.430. The van der Waals surface area contributed by atoms with E-state index in [2.05, 4.69) is 10.2 Å². The molecule has 120 valence electrons. The number of methoxy groups -OCH3 is 1. The van der Waals surface area contributed by atoms with Gasteiger partial charge in [-0.3, -0.25) is 5.10 Å². The molecule has 0 amide bonds. The number of nitrogen functional groups attached to an aromatic ring is 1. The molecule has 2 aromatic heterocycles. The lowest BCUT2D eigenvalue weighted by atomic mass is 10.1. The van der Waals surface area contributed by atoms with Gasteiger partial charge in [-0.15, -0.1) is 0 Å². The number of H-pyrrole nitrogens is 1. The summed E-state index contributed by atoms with van der Waals surface area (Å²) in [5, 5.41) is 7.22. The van der Waals surface area contributed by atoms with Crippen molar-refractivity contribution in [3.05, 3.63) is 48.5 Å². The van der Waals surface area contributed by atoms with E-state index in [-0.39, 0.29) is 0 Å². The highest BCUT2D eigenvalue weighted by atomic mass is 16.5. The quantitative estimate of drug-likeness (QED) is 0.607. The van der Waals surface area contributed by atoms with Crippen molar-refractivity contribution in [2.45, 2.75) is 0 Å². The molecular formula is C18H17N5O. The number of para-hydroxylation sites is 2. The van der Waals surface area contributed by atoms with E-state index in [9.17, 15) is 0 Å². The molecule has 0 saturated heterocycles. The highest BCUT2D eigenvalue weighted by Crippen LogP contribution is 2.35. The fourth-order valence-electron chi connectivity index (χ4n) is 2.92. The topological polar surface area (TPSA) is 81.8 Å². The van der Waals surface area contributed by atoms with Crippen LogP contribution >= 0.6 is 0 Å². The number of nitrogens with zero attached hydrogens (tertiary/aromatic N) is 3. The van der Waals surface area contributed by atoms with E-state index in [1.54, 1.807) is 7.11 Å². The van der Waals surface area contributed by atoms with Gasteiger partial charge in [0, 0.05) is 12.6 Å². The van der Waals surface area contributed by atoms with E-state index in [0.29, 0.717) is 5.82 Å². The first kappa shape index (κ1) is 14.3. The molecule has 0 saturated carbocycles. The second-order valence-corrected chi connectivity index (χ2v) is 5.57. The molecule has 6 nitrogen and oxygen atoms in total. The van der Waals surface area contributed by atoms with Crippen LogP contribution in [0.2, 0.25) is 0 Å². The van der Waals surface area contributed by atoms with Crippen molar-refractivity contribution in [2.75, 3.05) is 12.8 Å². The number of nitrogens with one attached hydrogen (secondary N) is 1. The van der Waals surface area contributed by atoms with Gasteiger partial charge in [-0.05, 0) is 36.4 Å². The predicted octanol–water partition coefficient (Wildman–Crippen LogP) is 3.22. The highest BCUT2D eigenvalue weighted by Gasteiger charge is 2.20. The van der Waals surface area contributed by atoms with Gasteiger partial charge in [-0.25, -0.2) is 4.98 Å². The monoisotopic (exact) mass is 319 g/mol. The Kier molecular flexibility index (Phi) is 3.23. The molecule has 6 heteroatoms. The maximum absolute atomic E-state index is 6.14. The van der Waals surface area contributed by atoms with Crippen molar-refractivity contribution in [1.29, 1.82) is 0 Å². The molecule has 4 aromatic rings. The zero-order valence-corrected chi connectivity index (χ0v) is 13.4. The Balaban J connectivity index is 1.91. The third-order valence-corrected chi connectivity index (χ3v) is 4.18. The van der Waals surface area contributed by atoms with Crippen LogP contribution in [-0.2, 0) is 7.05 Å². The Bertz CT molecular complexity index is 1010. The lowest BCUT2D eigenvalue weighted by Gasteiger charge is -2.06. The number of aromatic amines is 1. The van der Waals surface area contributed by atoms with Gasteiger partial charge in [0.05, 0.1) is 29.4 Å². The second-order valence-electron chi connectivity index (χ2n) is 5.57. The van der Waals surface area contributed by atoms with Crippen LogP contribution in [0.5, 0.6) is 5.75 Å². The zero-order chi connectivity index (χ0) is 16.7. The Morgan fingerprint density at radius 1 is 1.08 bits per heavy atom.